The van der Waals surface area contributed by atoms with E-state index in [9.17, 15) is 13.6 Å². The van der Waals surface area contributed by atoms with Gasteiger partial charge in [-0.15, -0.1) is 0 Å². The molecular weight excluding hydrogens is 296 g/mol. The fourth-order valence-electron chi connectivity index (χ4n) is 1.30. The van der Waals surface area contributed by atoms with Gasteiger partial charge < -0.3 is 10.5 Å². The Morgan fingerprint density at radius 2 is 2.24 bits per heavy atom. The van der Waals surface area contributed by atoms with Gasteiger partial charge in [0.2, 0.25) is 6.17 Å². The van der Waals surface area contributed by atoms with Crippen molar-refractivity contribution in [3.05, 3.63) is 34.1 Å². The van der Waals surface area contributed by atoms with Crippen molar-refractivity contribution in [1.29, 1.82) is 0 Å². The maximum Gasteiger partial charge on any atom is 0.342 e. The number of ether oxygens (including phenoxy) is 1. The molecule has 0 heterocycles. The molecule has 0 saturated carbocycles. The van der Waals surface area contributed by atoms with Gasteiger partial charge in [-0.2, -0.15) is 0 Å². The highest BCUT2D eigenvalue weighted by atomic mass is 79.9. The number of esters is 1. The van der Waals surface area contributed by atoms with E-state index in [1.165, 1.54) is 18.2 Å². The van der Waals surface area contributed by atoms with Crippen molar-refractivity contribution in [2.75, 3.05) is 6.61 Å². The van der Waals surface area contributed by atoms with E-state index in [4.69, 9.17) is 5.73 Å². The summed E-state index contributed by atoms with van der Waals surface area (Å²) in [6, 6.07) is 2.79. The molecule has 0 aliphatic rings. The van der Waals surface area contributed by atoms with Gasteiger partial charge in [-0.25, -0.2) is 13.6 Å². The molecule has 0 saturated heterocycles. The first-order valence-corrected chi connectivity index (χ1v) is 5.78. The third-order valence-corrected chi connectivity index (χ3v) is 3.00. The van der Waals surface area contributed by atoms with Crippen LogP contribution in [0, 0.1) is 5.82 Å². The quantitative estimate of drug-likeness (QED) is 0.870. The van der Waals surface area contributed by atoms with Crippen molar-refractivity contribution < 1.29 is 18.3 Å². The summed E-state index contributed by atoms with van der Waals surface area (Å²) in [5.74, 6) is -1.61. The molecule has 2 atom stereocenters. The van der Waals surface area contributed by atoms with Gasteiger partial charge in [0.1, 0.15) is 5.82 Å². The lowest BCUT2D eigenvalue weighted by Crippen LogP contribution is -2.31. The van der Waals surface area contributed by atoms with Crippen LogP contribution in [0.1, 0.15) is 18.5 Å². The molecule has 94 valence electrons. The summed E-state index contributed by atoms with van der Waals surface area (Å²) >= 11 is 2.96. The Morgan fingerprint density at radius 1 is 1.59 bits per heavy atom. The van der Waals surface area contributed by atoms with Crippen LogP contribution in [0.4, 0.5) is 8.78 Å². The van der Waals surface area contributed by atoms with Crippen molar-refractivity contribution in [1.82, 2.24) is 0 Å². The Balaban J connectivity index is 2.92. The first kappa shape index (κ1) is 14.1. The lowest BCUT2D eigenvalue weighted by Gasteiger charge is -2.17. The van der Waals surface area contributed by atoms with Crippen molar-refractivity contribution in [3.63, 3.8) is 0 Å². The predicted octanol–water partition coefficient (Wildman–Crippen LogP) is 2.49. The standard InChI is InChI=1S/C11H12BrF2NO2/c1-2-17-11(16)9(14)10(15)6-4-3-5-7(13)8(6)12/h3-5,9-10H,2,15H2,1H3/t9?,10-/m0/s1. The number of benzene rings is 1. The molecule has 17 heavy (non-hydrogen) atoms. The molecule has 0 fully saturated rings. The largest absolute Gasteiger partial charge is 0.464 e. The number of hydrogen-bond acceptors (Lipinski definition) is 3. The van der Waals surface area contributed by atoms with E-state index in [2.05, 4.69) is 20.7 Å². The van der Waals surface area contributed by atoms with Crippen LogP contribution >= 0.6 is 15.9 Å². The fraction of sp³-hybridized carbons (Fsp3) is 0.364. The summed E-state index contributed by atoms with van der Waals surface area (Å²) in [4.78, 5) is 11.2. The molecule has 0 aliphatic heterocycles. The van der Waals surface area contributed by atoms with Crippen LogP contribution in [-0.4, -0.2) is 18.7 Å². The zero-order chi connectivity index (χ0) is 13.0. The second kappa shape index (κ2) is 6.07. The van der Waals surface area contributed by atoms with Crippen LogP contribution in [0.2, 0.25) is 0 Å². The SMILES string of the molecule is CCOC(=O)C(F)[C@@H](N)c1cccc(F)c1Br. The Kier molecular flexibility index (Phi) is 5.02. The highest BCUT2D eigenvalue weighted by Crippen LogP contribution is 2.28. The minimum absolute atomic E-state index is 0.0550. The molecule has 0 aliphatic carbocycles. The van der Waals surface area contributed by atoms with Gasteiger partial charge in [0.15, 0.2) is 0 Å². The Morgan fingerprint density at radius 3 is 2.82 bits per heavy atom. The number of nitrogens with two attached hydrogens (primary N) is 1. The third-order valence-electron chi connectivity index (χ3n) is 2.17. The average molecular weight is 308 g/mol. The summed E-state index contributed by atoms with van der Waals surface area (Å²) in [6.07, 6.45) is -2.02. The second-order valence-corrected chi connectivity index (χ2v) is 4.12. The van der Waals surface area contributed by atoms with E-state index in [-0.39, 0.29) is 16.6 Å². The summed E-state index contributed by atoms with van der Waals surface area (Å²) in [6.45, 7) is 1.63. The lowest BCUT2D eigenvalue weighted by molar-refractivity contribution is -0.149. The topological polar surface area (TPSA) is 52.3 Å². The molecule has 2 N–H and O–H groups in total. The molecule has 1 aromatic rings. The van der Waals surface area contributed by atoms with Crippen molar-refractivity contribution in [3.8, 4) is 0 Å². The van der Waals surface area contributed by atoms with Gasteiger partial charge in [-0.05, 0) is 34.5 Å². The number of carbonyl (C=O) groups is 1. The second-order valence-electron chi connectivity index (χ2n) is 3.32. The molecule has 0 bridgehead atoms. The summed E-state index contributed by atoms with van der Waals surface area (Å²) in [5.41, 5.74) is 5.75. The smallest absolute Gasteiger partial charge is 0.342 e. The monoisotopic (exact) mass is 307 g/mol. The molecule has 0 spiro atoms. The molecular formula is C11H12BrF2NO2. The minimum Gasteiger partial charge on any atom is -0.464 e. The van der Waals surface area contributed by atoms with Crippen LogP contribution < -0.4 is 5.73 Å². The molecule has 0 radical (unpaired) electrons. The molecule has 0 amide bonds. The van der Waals surface area contributed by atoms with Gasteiger partial charge in [0.05, 0.1) is 17.1 Å². The summed E-state index contributed by atoms with van der Waals surface area (Å²) < 4.78 is 31.4. The normalized spacial score (nSPS) is 14.2. The third kappa shape index (κ3) is 3.23. The van der Waals surface area contributed by atoms with Crippen LogP contribution in [0.3, 0.4) is 0 Å². The first-order chi connectivity index (χ1) is 7.99. The maximum atomic E-state index is 13.6. The first-order valence-electron chi connectivity index (χ1n) is 4.99. The minimum atomic E-state index is -2.02. The van der Waals surface area contributed by atoms with E-state index in [0.717, 1.165) is 0 Å². The molecule has 1 unspecified atom stereocenters. The maximum absolute atomic E-state index is 13.6. The van der Waals surface area contributed by atoms with E-state index in [1.807, 2.05) is 0 Å². The van der Waals surface area contributed by atoms with Gasteiger partial charge >= 0.3 is 5.97 Å². The van der Waals surface area contributed by atoms with Gasteiger partial charge in [0, 0.05) is 0 Å². The van der Waals surface area contributed by atoms with Gasteiger partial charge in [-0.1, -0.05) is 12.1 Å². The zero-order valence-corrected chi connectivity index (χ0v) is 10.7. The molecule has 1 aromatic carbocycles. The number of rotatable bonds is 4. The number of carbonyl (C=O) groups excluding carboxylic acids is 1. The van der Waals surface area contributed by atoms with Gasteiger partial charge in [-0.3, -0.25) is 0 Å². The Labute approximate surface area is 106 Å². The van der Waals surface area contributed by atoms with Crippen LogP contribution in [-0.2, 0) is 9.53 Å². The molecule has 3 nitrogen and oxygen atoms in total. The average Bonchev–Trinajstić information content (AvgIpc) is 2.31. The zero-order valence-electron chi connectivity index (χ0n) is 9.12. The van der Waals surface area contributed by atoms with Gasteiger partial charge in [0.25, 0.3) is 0 Å². The van der Waals surface area contributed by atoms with E-state index >= 15 is 0 Å². The van der Waals surface area contributed by atoms with Crippen LogP contribution in [0.5, 0.6) is 0 Å². The summed E-state index contributed by atoms with van der Waals surface area (Å²) in [7, 11) is 0. The van der Waals surface area contributed by atoms with Crippen molar-refractivity contribution in [2.24, 2.45) is 5.73 Å². The Hall–Kier alpha value is -1.01. The molecule has 0 aromatic heterocycles. The molecule has 1 rings (SSSR count). The number of alkyl halides is 1. The highest BCUT2D eigenvalue weighted by molar-refractivity contribution is 9.10. The lowest BCUT2D eigenvalue weighted by atomic mass is 10.0. The molecule has 6 heteroatoms. The van der Waals surface area contributed by atoms with E-state index in [0.29, 0.717) is 0 Å². The fourth-order valence-corrected chi connectivity index (χ4v) is 1.83. The van der Waals surface area contributed by atoms with Crippen LogP contribution in [0.25, 0.3) is 0 Å². The van der Waals surface area contributed by atoms with Crippen molar-refractivity contribution in [2.45, 2.75) is 19.1 Å². The van der Waals surface area contributed by atoms with E-state index < -0.39 is 24.0 Å². The number of halogens is 3. The van der Waals surface area contributed by atoms with Crippen molar-refractivity contribution >= 4 is 21.9 Å². The predicted molar refractivity (Wildman–Crippen MR) is 62.6 cm³/mol. The van der Waals surface area contributed by atoms with E-state index in [1.54, 1.807) is 6.92 Å². The highest BCUT2D eigenvalue weighted by Gasteiger charge is 2.29. The Bertz CT molecular complexity index is 414. The van der Waals surface area contributed by atoms with Crippen LogP contribution in [0.15, 0.2) is 22.7 Å². The summed E-state index contributed by atoms with van der Waals surface area (Å²) in [5, 5.41) is 0. The number of hydrogen-bond donors (Lipinski definition) is 1.